The van der Waals surface area contributed by atoms with Crippen molar-refractivity contribution in [1.82, 2.24) is 20.2 Å². The number of amides is 1. The number of carbonyl (C=O) groups excluding carboxylic acids is 1. The molecule has 4 N–H and O–H groups in total. The molecule has 35 heavy (non-hydrogen) atoms. The number of rotatable bonds is 7. The zero-order valence-corrected chi connectivity index (χ0v) is 19.3. The van der Waals surface area contributed by atoms with Crippen LogP contribution in [0.15, 0.2) is 59.7 Å². The minimum absolute atomic E-state index is 0.106. The number of aromatic hydroxyl groups is 1. The Morgan fingerprint density at radius 1 is 1.03 bits per heavy atom. The summed E-state index contributed by atoms with van der Waals surface area (Å²) in [6, 6.07) is 15.7. The van der Waals surface area contributed by atoms with Crippen LogP contribution in [0, 0.1) is 11.8 Å². The monoisotopic (exact) mass is 472 g/mol. The first-order valence-electron chi connectivity index (χ1n) is 11.6. The SMILES string of the molecule is O=C(CO)N(Cc1ccc(C#Cc2ccc(CCc3nc[nH]c(=O)c3O)cc2)cc1)[C@@H]1CCNC1. The molecule has 1 atom stereocenters. The fraction of sp³-hybridized carbons (Fsp3) is 0.296. The largest absolute Gasteiger partial charge is 0.502 e. The minimum atomic E-state index is -0.532. The molecule has 0 aliphatic carbocycles. The third-order valence-corrected chi connectivity index (χ3v) is 6.10. The smallest absolute Gasteiger partial charge is 0.293 e. The molecule has 180 valence electrons. The second-order valence-corrected chi connectivity index (χ2v) is 8.50. The Morgan fingerprint density at radius 3 is 2.29 bits per heavy atom. The number of nitrogens with zero attached hydrogens (tertiary/aromatic N) is 2. The Kier molecular flexibility index (Phi) is 7.93. The van der Waals surface area contributed by atoms with Gasteiger partial charge in [-0.15, -0.1) is 0 Å². The fourth-order valence-electron chi connectivity index (χ4n) is 4.08. The highest BCUT2D eigenvalue weighted by Gasteiger charge is 2.26. The van der Waals surface area contributed by atoms with Gasteiger partial charge in [-0.2, -0.15) is 0 Å². The van der Waals surface area contributed by atoms with Crippen molar-refractivity contribution < 1.29 is 15.0 Å². The van der Waals surface area contributed by atoms with Gasteiger partial charge in [-0.25, -0.2) is 4.98 Å². The minimum Gasteiger partial charge on any atom is -0.502 e. The van der Waals surface area contributed by atoms with E-state index in [2.05, 4.69) is 27.1 Å². The molecule has 2 heterocycles. The molecule has 8 heteroatoms. The maximum absolute atomic E-state index is 12.2. The molecule has 2 aromatic carbocycles. The number of aryl methyl sites for hydroxylation is 2. The Labute approximate surface area is 203 Å². The van der Waals surface area contributed by atoms with E-state index in [-0.39, 0.29) is 17.7 Å². The molecular formula is C27H28N4O4. The van der Waals surface area contributed by atoms with Crippen LogP contribution in [0.1, 0.15) is 34.4 Å². The van der Waals surface area contributed by atoms with Gasteiger partial charge in [-0.3, -0.25) is 9.59 Å². The second-order valence-electron chi connectivity index (χ2n) is 8.50. The number of carbonyl (C=O) groups is 1. The van der Waals surface area contributed by atoms with Gasteiger partial charge in [0.2, 0.25) is 11.7 Å². The molecule has 0 spiro atoms. The van der Waals surface area contributed by atoms with Crippen molar-refractivity contribution in [2.75, 3.05) is 19.7 Å². The first kappa shape index (κ1) is 24.2. The Balaban J connectivity index is 1.35. The molecule has 1 fully saturated rings. The maximum Gasteiger partial charge on any atom is 0.293 e. The molecule has 0 radical (unpaired) electrons. The van der Waals surface area contributed by atoms with Crippen molar-refractivity contribution in [3.05, 3.63) is 93.2 Å². The maximum atomic E-state index is 12.2. The van der Waals surface area contributed by atoms with E-state index in [1.165, 1.54) is 6.33 Å². The third-order valence-electron chi connectivity index (χ3n) is 6.10. The Bertz CT molecular complexity index is 1270. The van der Waals surface area contributed by atoms with Crippen LogP contribution in [0.2, 0.25) is 0 Å². The summed E-state index contributed by atoms with van der Waals surface area (Å²) in [6.07, 6.45) is 3.29. The third kappa shape index (κ3) is 6.35. The molecular weight excluding hydrogens is 444 g/mol. The van der Waals surface area contributed by atoms with Crippen LogP contribution in [-0.4, -0.2) is 56.7 Å². The number of hydrogen-bond donors (Lipinski definition) is 4. The number of aromatic nitrogens is 2. The summed E-state index contributed by atoms with van der Waals surface area (Å²) in [4.78, 5) is 31.8. The summed E-state index contributed by atoms with van der Waals surface area (Å²) >= 11 is 0. The number of benzene rings is 2. The zero-order valence-electron chi connectivity index (χ0n) is 19.3. The highest BCUT2D eigenvalue weighted by molar-refractivity contribution is 5.77. The van der Waals surface area contributed by atoms with Gasteiger partial charge >= 0.3 is 0 Å². The molecule has 0 unspecified atom stereocenters. The zero-order chi connectivity index (χ0) is 24.6. The Morgan fingerprint density at radius 2 is 1.69 bits per heavy atom. The lowest BCUT2D eigenvalue weighted by molar-refractivity contribution is -0.136. The van der Waals surface area contributed by atoms with Gasteiger partial charge in [0.1, 0.15) is 6.61 Å². The van der Waals surface area contributed by atoms with Crippen LogP contribution in [0.25, 0.3) is 0 Å². The number of aromatic amines is 1. The summed E-state index contributed by atoms with van der Waals surface area (Å²) in [7, 11) is 0. The fourth-order valence-corrected chi connectivity index (χ4v) is 4.08. The first-order chi connectivity index (χ1) is 17.0. The van der Waals surface area contributed by atoms with E-state index in [0.717, 1.165) is 41.8 Å². The average molecular weight is 473 g/mol. The van der Waals surface area contributed by atoms with Crippen LogP contribution in [0.3, 0.4) is 0 Å². The van der Waals surface area contributed by atoms with E-state index in [1.807, 2.05) is 48.5 Å². The van der Waals surface area contributed by atoms with Crippen LogP contribution in [0.5, 0.6) is 5.75 Å². The van der Waals surface area contributed by atoms with Crippen molar-refractivity contribution in [2.45, 2.75) is 31.8 Å². The van der Waals surface area contributed by atoms with Gasteiger partial charge in [0.15, 0.2) is 0 Å². The highest BCUT2D eigenvalue weighted by Crippen LogP contribution is 2.15. The summed E-state index contributed by atoms with van der Waals surface area (Å²) in [5, 5.41) is 22.4. The van der Waals surface area contributed by atoms with E-state index < -0.39 is 12.2 Å². The van der Waals surface area contributed by atoms with E-state index in [1.54, 1.807) is 4.90 Å². The standard InChI is InChI=1S/C27H28N4O4/c32-17-25(33)31(23-13-14-28-15-23)16-22-9-7-20(8-10-22)2-1-19-3-5-21(6-4-19)11-12-24-26(34)27(35)30-18-29-24/h3-10,18,23,28,32,34H,11-17H2,(H,29,30,35)/t23-/m1/s1. The predicted octanol–water partition coefficient (Wildman–Crippen LogP) is 1.34. The lowest BCUT2D eigenvalue weighted by Crippen LogP contribution is -2.42. The molecule has 3 aromatic rings. The van der Waals surface area contributed by atoms with E-state index >= 15 is 0 Å². The quantitative estimate of drug-likeness (QED) is 0.386. The summed E-state index contributed by atoms with van der Waals surface area (Å²) < 4.78 is 0. The topological polar surface area (TPSA) is 119 Å². The second kappa shape index (κ2) is 11.5. The van der Waals surface area contributed by atoms with Crippen molar-refractivity contribution in [3.8, 4) is 17.6 Å². The van der Waals surface area contributed by atoms with Gasteiger partial charge in [0.25, 0.3) is 5.56 Å². The van der Waals surface area contributed by atoms with Crippen LogP contribution >= 0.6 is 0 Å². The molecule has 0 bridgehead atoms. The molecule has 1 aliphatic rings. The number of hydrogen-bond acceptors (Lipinski definition) is 6. The molecule has 1 amide bonds. The van der Waals surface area contributed by atoms with Crippen LogP contribution < -0.4 is 10.9 Å². The van der Waals surface area contributed by atoms with Crippen molar-refractivity contribution in [3.63, 3.8) is 0 Å². The molecule has 1 aromatic heterocycles. The number of aliphatic hydroxyl groups is 1. The molecule has 1 aliphatic heterocycles. The van der Waals surface area contributed by atoms with E-state index in [4.69, 9.17) is 0 Å². The normalized spacial score (nSPS) is 14.8. The van der Waals surface area contributed by atoms with Crippen LogP contribution in [0.4, 0.5) is 0 Å². The highest BCUT2D eigenvalue weighted by atomic mass is 16.3. The molecule has 8 nitrogen and oxygen atoms in total. The van der Waals surface area contributed by atoms with Gasteiger partial charge in [0.05, 0.1) is 12.0 Å². The van der Waals surface area contributed by atoms with E-state index in [0.29, 0.717) is 25.1 Å². The molecule has 1 saturated heterocycles. The van der Waals surface area contributed by atoms with Gasteiger partial charge in [-0.05, 0) is 61.2 Å². The summed E-state index contributed by atoms with van der Waals surface area (Å²) in [5.41, 5.74) is 3.65. The number of aliphatic hydroxyl groups excluding tert-OH is 1. The van der Waals surface area contributed by atoms with Crippen molar-refractivity contribution in [2.24, 2.45) is 0 Å². The summed E-state index contributed by atoms with van der Waals surface area (Å²) in [6.45, 7) is 1.61. The lowest BCUT2D eigenvalue weighted by Gasteiger charge is -2.28. The van der Waals surface area contributed by atoms with Crippen LogP contribution in [-0.2, 0) is 24.2 Å². The molecule has 4 rings (SSSR count). The van der Waals surface area contributed by atoms with Gasteiger partial charge in [-0.1, -0.05) is 36.1 Å². The lowest BCUT2D eigenvalue weighted by atomic mass is 10.1. The molecule has 0 saturated carbocycles. The predicted molar refractivity (Wildman–Crippen MR) is 132 cm³/mol. The number of nitrogens with one attached hydrogen (secondary N) is 2. The average Bonchev–Trinajstić information content (AvgIpc) is 3.42. The number of H-pyrrole nitrogens is 1. The Hall–Kier alpha value is -3.93. The summed E-state index contributed by atoms with van der Waals surface area (Å²) in [5.74, 6) is 5.73. The van der Waals surface area contributed by atoms with Crippen molar-refractivity contribution in [1.29, 1.82) is 0 Å². The van der Waals surface area contributed by atoms with Crippen molar-refractivity contribution >= 4 is 5.91 Å². The van der Waals surface area contributed by atoms with E-state index in [9.17, 15) is 19.8 Å². The first-order valence-corrected chi connectivity index (χ1v) is 11.6. The van der Waals surface area contributed by atoms with Gasteiger partial charge in [0, 0.05) is 30.3 Å². The van der Waals surface area contributed by atoms with Gasteiger partial charge < -0.3 is 25.4 Å².